The van der Waals surface area contributed by atoms with Crippen molar-refractivity contribution in [2.24, 2.45) is 0 Å². The van der Waals surface area contributed by atoms with Crippen LogP contribution in [-0.2, 0) is 4.79 Å². The van der Waals surface area contributed by atoms with Gasteiger partial charge in [0.05, 0.1) is 16.6 Å². The first-order valence-corrected chi connectivity index (χ1v) is 8.94. The number of amides is 2. The van der Waals surface area contributed by atoms with Crippen molar-refractivity contribution < 1.29 is 14.1 Å². The fraction of sp³-hybridized carbons (Fsp3) is 0.300. The van der Waals surface area contributed by atoms with Gasteiger partial charge in [0.1, 0.15) is 0 Å². The molecule has 2 amide bonds. The van der Waals surface area contributed by atoms with Crippen LogP contribution in [0.25, 0.3) is 11.1 Å². The second kappa shape index (κ2) is 7.99. The molecule has 0 spiro atoms. The number of hydrogen-bond acceptors (Lipinski definition) is 5. The zero-order chi connectivity index (χ0) is 19.4. The zero-order valence-electron chi connectivity index (χ0n) is 15.6. The number of carbonyl (C=O) groups is 2. The Morgan fingerprint density at radius 3 is 2.59 bits per heavy atom. The highest BCUT2D eigenvalue weighted by Gasteiger charge is 2.16. The Kier molecular flexibility index (Phi) is 5.49. The van der Waals surface area contributed by atoms with Crippen molar-refractivity contribution in [2.75, 3.05) is 10.6 Å². The number of hydrogen-bond donors (Lipinski definition) is 2. The molecule has 2 N–H and O–H groups in total. The lowest BCUT2D eigenvalue weighted by atomic mass is 10.1. The van der Waals surface area contributed by atoms with Gasteiger partial charge in [-0.2, -0.15) is 0 Å². The lowest BCUT2D eigenvalue weighted by molar-refractivity contribution is -0.116. The number of carbonyl (C=O) groups excluding carboxylic acids is 2. The number of nitrogens with zero attached hydrogens (tertiary/aromatic N) is 2. The number of benzene rings is 1. The Balaban J connectivity index is 1.78. The van der Waals surface area contributed by atoms with Gasteiger partial charge in [-0.25, -0.2) is 4.98 Å². The Labute approximate surface area is 157 Å². The summed E-state index contributed by atoms with van der Waals surface area (Å²) in [6, 6.07) is 8.77. The van der Waals surface area contributed by atoms with Crippen molar-refractivity contribution in [1.29, 1.82) is 0 Å². The van der Waals surface area contributed by atoms with Gasteiger partial charge in [-0.3, -0.25) is 9.59 Å². The molecule has 3 rings (SSSR count). The summed E-state index contributed by atoms with van der Waals surface area (Å²) in [5.74, 6) is -0.184. The van der Waals surface area contributed by atoms with Crippen LogP contribution in [0.4, 0.5) is 11.4 Å². The van der Waals surface area contributed by atoms with Crippen molar-refractivity contribution in [3.63, 3.8) is 0 Å². The van der Waals surface area contributed by atoms with Crippen LogP contribution in [0.15, 0.2) is 41.1 Å². The van der Waals surface area contributed by atoms with Crippen LogP contribution in [-0.4, -0.2) is 22.0 Å². The largest absolute Gasteiger partial charge is 0.336 e. The SMILES string of the molecule is CCCC(=O)Nc1cccc(NC(=O)c2cnc3onc(C(C)C)c3c2)c1. The molecule has 0 radical (unpaired) electrons. The van der Waals surface area contributed by atoms with Crippen LogP contribution in [0.2, 0.25) is 0 Å². The second-order valence-electron chi connectivity index (χ2n) is 6.63. The van der Waals surface area contributed by atoms with E-state index in [1.807, 2.05) is 20.8 Å². The molecule has 1 aromatic carbocycles. The maximum atomic E-state index is 12.6. The van der Waals surface area contributed by atoms with Crippen molar-refractivity contribution in [3.8, 4) is 0 Å². The van der Waals surface area contributed by atoms with Crippen LogP contribution in [0.5, 0.6) is 0 Å². The van der Waals surface area contributed by atoms with E-state index in [2.05, 4.69) is 20.8 Å². The van der Waals surface area contributed by atoms with Gasteiger partial charge < -0.3 is 15.2 Å². The molecule has 2 aromatic heterocycles. The number of nitrogens with one attached hydrogen (secondary N) is 2. The molecular weight excluding hydrogens is 344 g/mol. The fourth-order valence-corrected chi connectivity index (χ4v) is 2.72. The summed E-state index contributed by atoms with van der Waals surface area (Å²) in [5.41, 5.74) is 2.82. The standard InChI is InChI=1S/C20H22N4O3/c1-4-6-17(25)22-14-7-5-8-15(10-14)23-19(26)13-9-16-18(12(2)3)24-27-20(16)21-11-13/h5,7-12H,4,6H2,1-3H3,(H,22,25)(H,23,26). The maximum absolute atomic E-state index is 12.6. The third-order valence-corrected chi connectivity index (χ3v) is 4.05. The highest BCUT2D eigenvalue weighted by Crippen LogP contribution is 2.24. The summed E-state index contributed by atoms with van der Waals surface area (Å²) in [4.78, 5) is 28.5. The van der Waals surface area contributed by atoms with E-state index in [0.29, 0.717) is 29.1 Å². The maximum Gasteiger partial charge on any atom is 0.257 e. The third-order valence-electron chi connectivity index (χ3n) is 4.05. The van der Waals surface area contributed by atoms with E-state index in [-0.39, 0.29) is 17.7 Å². The molecule has 27 heavy (non-hydrogen) atoms. The molecule has 7 nitrogen and oxygen atoms in total. The summed E-state index contributed by atoms with van der Waals surface area (Å²) in [7, 11) is 0. The van der Waals surface area contributed by atoms with Gasteiger partial charge in [-0.1, -0.05) is 32.0 Å². The zero-order valence-corrected chi connectivity index (χ0v) is 15.6. The Morgan fingerprint density at radius 2 is 1.89 bits per heavy atom. The third kappa shape index (κ3) is 4.31. The van der Waals surface area contributed by atoms with Crippen LogP contribution < -0.4 is 10.6 Å². The minimum absolute atomic E-state index is 0.0516. The van der Waals surface area contributed by atoms with Crippen molar-refractivity contribution in [3.05, 3.63) is 47.8 Å². The van der Waals surface area contributed by atoms with Gasteiger partial charge in [0.25, 0.3) is 11.6 Å². The predicted molar refractivity (Wildman–Crippen MR) is 104 cm³/mol. The summed E-state index contributed by atoms with van der Waals surface area (Å²) in [5, 5.41) is 10.4. The second-order valence-corrected chi connectivity index (χ2v) is 6.63. The van der Waals surface area contributed by atoms with Crippen molar-refractivity contribution in [1.82, 2.24) is 10.1 Å². The average Bonchev–Trinajstić information content (AvgIpc) is 3.05. The first-order chi connectivity index (χ1) is 13.0. The minimum Gasteiger partial charge on any atom is -0.336 e. The smallest absolute Gasteiger partial charge is 0.257 e. The van der Waals surface area contributed by atoms with Gasteiger partial charge in [0.15, 0.2) is 0 Å². The van der Waals surface area contributed by atoms with E-state index in [0.717, 1.165) is 17.5 Å². The lowest BCUT2D eigenvalue weighted by Crippen LogP contribution is -2.13. The van der Waals surface area contributed by atoms with E-state index in [1.165, 1.54) is 6.20 Å². The summed E-state index contributed by atoms with van der Waals surface area (Å²) >= 11 is 0. The van der Waals surface area contributed by atoms with E-state index >= 15 is 0 Å². The molecule has 0 aliphatic rings. The molecule has 0 unspecified atom stereocenters. The Morgan fingerprint density at radius 1 is 1.15 bits per heavy atom. The molecule has 7 heteroatoms. The molecule has 0 saturated heterocycles. The van der Waals surface area contributed by atoms with Gasteiger partial charge in [-0.15, -0.1) is 0 Å². The van der Waals surface area contributed by atoms with Crippen LogP contribution in [0.3, 0.4) is 0 Å². The van der Waals surface area contributed by atoms with E-state index < -0.39 is 0 Å². The topological polar surface area (TPSA) is 97.1 Å². The number of fused-ring (bicyclic) bond motifs is 1. The molecule has 0 bridgehead atoms. The number of aromatic nitrogens is 2. The summed E-state index contributed by atoms with van der Waals surface area (Å²) in [6.45, 7) is 5.95. The first kappa shape index (κ1) is 18.6. The molecule has 140 valence electrons. The average molecular weight is 366 g/mol. The number of rotatable bonds is 6. The summed E-state index contributed by atoms with van der Waals surface area (Å²) in [6.07, 6.45) is 2.69. The molecule has 2 heterocycles. The normalized spacial score (nSPS) is 11.0. The Hall–Kier alpha value is -3.22. The molecule has 0 fully saturated rings. The van der Waals surface area contributed by atoms with Gasteiger partial charge in [-0.05, 0) is 36.6 Å². The fourth-order valence-electron chi connectivity index (χ4n) is 2.72. The van der Waals surface area contributed by atoms with E-state index in [1.54, 1.807) is 30.3 Å². The molecule has 3 aromatic rings. The van der Waals surface area contributed by atoms with Crippen LogP contribution in [0.1, 0.15) is 55.6 Å². The van der Waals surface area contributed by atoms with Crippen molar-refractivity contribution in [2.45, 2.75) is 39.5 Å². The molecule has 0 atom stereocenters. The first-order valence-electron chi connectivity index (χ1n) is 8.94. The number of pyridine rings is 1. The van der Waals surface area contributed by atoms with Gasteiger partial charge in [0, 0.05) is 24.0 Å². The highest BCUT2D eigenvalue weighted by atomic mass is 16.5. The molecule has 0 aliphatic heterocycles. The van der Waals surface area contributed by atoms with Crippen LogP contribution >= 0.6 is 0 Å². The van der Waals surface area contributed by atoms with E-state index in [9.17, 15) is 9.59 Å². The van der Waals surface area contributed by atoms with E-state index in [4.69, 9.17) is 4.52 Å². The number of anilines is 2. The molecular formula is C20H22N4O3. The predicted octanol–water partition coefficient (Wildman–Crippen LogP) is 4.34. The van der Waals surface area contributed by atoms with Gasteiger partial charge in [0.2, 0.25) is 5.91 Å². The monoisotopic (exact) mass is 366 g/mol. The van der Waals surface area contributed by atoms with Gasteiger partial charge >= 0.3 is 0 Å². The lowest BCUT2D eigenvalue weighted by Gasteiger charge is -2.09. The quantitative estimate of drug-likeness (QED) is 0.676. The minimum atomic E-state index is -0.294. The van der Waals surface area contributed by atoms with Crippen LogP contribution in [0, 0.1) is 0 Å². The Bertz CT molecular complexity index is 978. The molecule has 0 saturated carbocycles. The molecule has 0 aliphatic carbocycles. The summed E-state index contributed by atoms with van der Waals surface area (Å²) < 4.78 is 5.20. The van der Waals surface area contributed by atoms with Crippen molar-refractivity contribution >= 4 is 34.3 Å². The highest BCUT2D eigenvalue weighted by molar-refractivity contribution is 6.06.